The SMILES string of the molecule is CC[Si](CC)(CC)O[C@@H](CN[C@@H](Cc1ccc(F)cc1)c1ccc(OCc2ccccc2)cc1)c1ccc(OCc2ccccc2)c(NS(C)(=O)=O)c1. The van der Waals surface area contributed by atoms with Gasteiger partial charge in [-0.15, -0.1) is 0 Å². The third-order valence-electron chi connectivity index (χ3n) is 9.67. The monoisotopic (exact) mass is 754 g/mol. The lowest BCUT2D eigenvalue weighted by Gasteiger charge is -2.35. The van der Waals surface area contributed by atoms with Crippen molar-refractivity contribution < 1.29 is 26.7 Å². The van der Waals surface area contributed by atoms with Crippen LogP contribution < -0.4 is 19.5 Å². The number of benzene rings is 5. The Hall–Kier alpha value is -4.48. The van der Waals surface area contributed by atoms with E-state index in [-0.39, 0.29) is 18.0 Å². The van der Waals surface area contributed by atoms with E-state index >= 15 is 0 Å². The smallest absolute Gasteiger partial charge is 0.229 e. The maximum Gasteiger partial charge on any atom is 0.229 e. The lowest BCUT2D eigenvalue weighted by molar-refractivity contribution is 0.181. The minimum absolute atomic E-state index is 0.141. The number of nitrogens with one attached hydrogen (secondary N) is 2. The van der Waals surface area contributed by atoms with Crippen molar-refractivity contribution >= 4 is 24.0 Å². The molecule has 5 rings (SSSR count). The molecule has 0 aliphatic rings. The van der Waals surface area contributed by atoms with Gasteiger partial charge in [-0.25, -0.2) is 12.8 Å². The first-order valence-electron chi connectivity index (χ1n) is 18.3. The number of halogens is 1. The highest BCUT2D eigenvalue weighted by atomic mass is 32.2. The normalized spacial score (nSPS) is 12.9. The Kier molecular flexibility index (Phi) is 14.3. The first kappa shape index (κ1) is 39.7. The van der Waals surface area contributed by atoms with Gasteiger partial charge in [-0.05, 0) is 88.8 Å². The van der Waals surface area contributed by atoms with Crippen molar-refractivity contribution in [3.8, 4) is 11.5 Å². The van der Waals surface area contributed by atoms with Gasteiger partial charge in [0.15, 0.2) is 8.32 Å². The van der Waals surface area contributed by atoms with Gasteiger partial charge in [0.2, 0.25) is 10.0 Å². The fraction of sp³-hybridized carbons (Fsp3) is 0.302. The van der Waals surface area contributed by atoms with Crippen molar-refractivity contribution in [2.24, 2.45) is 0 Å². The fourth-order valence-electron chi connectivity index (χ4n) is 6.37. The zero-order valence-electron chi connectivity index (χ0n) is 31.1. The highest BCUT2D eigenvalue weighted by molar-refractivity contribution is 7.92. The molecule has 280 valence electrons. The Labute approximate surface area is 315 Å². The first-order chi connectivity index (χ1) is 25.6. The molecule has 2 N–H and O–H groups in total. The Balaban J connectivity index is 1.44. The maximum atomic E-state index is 13.9. The van der Waals surface area contributed by atoms with Gasteiger partial charge in [0.25, 0.3) is 0 Å². The van der Waals surface area contributed by atoms with Crippen LogP contribution in [-0.2, 0) is 34.1 Å². The Morgan fingerprint density at radius 3 is 1.81 bits per heavy atom. The molecule has 7 nitrogen and oxygen atoms in total. The third-order valence-corrected chi connectivity index (χ3v) is 14.9. The van der Waals surface area contributed by atoms with E-state index in [1.54, 1.807) is 0 Å². The molecule has 0 saturated carbocycles. The Morgan fingerprint density at radius 1 is 0.679 bits per heavy atom. The van der Waals surface area contributed by atoms with Gasteiger partial charge < -0.3 is 19.2 Å². The fourth-order valence-corrected chi connectivity index (χ4v) is 9.75. The topological polar surface area (TPSA) is 85.9 Å². The quantitative estimate of drug-likeness (QED) is 0.0770. The summed E-state index contributed by atoms with van der Waals surface area (Å²) in [6.07, 6.45) is 1.37. The number of hydrogen-bond donors (Lipinski definition) is 2. The van der Waals surface area contributed by atoms with Gasteiger partial charge in [-0.3, -0.25) is 4.72 Å². The summed E-state index contributed by atoms with van der Waals surface area (Å²) in [7, 11) is -5.76. The summed E-state index contributed by atoms with van der Waals surface area (Å²) < 4.78 is 61.0. The molecule has 0 fully saturated rings. The van der Waals surface area contributed by atoms with Crippen LogP contribution in [0.1, 0.15) is 60.7 Å². The minimum Gasteiger partial charge on any atom is -0.489 e. The van der Waals surface area contributed by atoms with E-state index in [0.29, 0.717) is 37.6 Å². The largest absolute Gasteiger partial charge is 0.489 e. The van der Waals surface area contributed by atoms with Gasteiger partial charge in [0.1, 0.15) is 30.5 Å². The van der Waals surface area contributed by atoms with Gasteiger partial charge in [-0.2, -0.15) is 0 Å². The summed E-state index contributed by atoms with van der Waals surface area (Å²) in [5.41, 5.74) is 5.31. The number of sulfonamides is 1. The molecule has 0 aromatic heterocycles. The third kappa shape index (κ3) is 12.0. The van der Waals surface area contributed by atoms with Gasteiger partial charge in [0.05, 0.1) is 18.0 Å². The van der Waals surface area contributed by atoms with Crippen LogP contribution in [0, 0.1) is 5.82 Å². The molecule has 5 aromatic carbocycles. The average Bonchev–Trinajstić information content (AvgIpc) is 3.17. The van der Waals surface area contributed by atoms with Crippen LogP contribution in [0.4, 0.5) is 10.1 Å². The minimum atomic E-state index is -3.61. The van der Waals surface area contributed by atoms with Crippen molar-refractivity contribution in [3.63, 3.8) is 0 Å². The lowest BCUT2D eigenvalue weighted by atomic mass is 9.98. The van der Waals surface area contributed by atoms with Crippen molar-refractivity contribution in [3.05, 3.63) is 161 Å². The predicted octanol–water partition coefficient (Wildman–Crippen LogP) is 9.99. The molecule has 0 aliphatic heterocycles. The average molecular weight is 755 g/mol. The van der Waals surface area contributed by atoms with Crippen molar-refractivity contribution in [2.75, 3.05) is 17.5 Å². The molecule has 0 saturated heterocycles. The van der Waals surface area contributed by atoms with Crippen molar-refractivity contribution in [2.45, 2.75) is 70.7 Å². The summed E-state index contributed by atoms with van der Waals surface area (Å²) in [5, 5.41) is 3.79. The second kappa shape index (κ2) is 19.0. The molecule has 53 heavy (non-hydrogen) atoms. The maximum absolute atomic E-state index is 13.9. The van der Waals surface area contributed by atoms with Crippen molar-refractivity contribution in [1.82, 2.24) is 5.32 Å². The highest BCUT2D eigenvalue weighted by Crippen LogP contribution is 2.35. The molecule has 2 atom stereocenters. The standard InChI is InChI=1S/C43H51FN2O5SSi/c1-5-53(6-2,7-3)51-43(37-22-27-42(41(29-37)46-52(4,47)48)50-32-35-16-12-9-13-17-35)30-45-40(28-33-18-23-38(44)24-19-33)36-20-25-39(26-21-36)49-31-34-14-10-8-11-15-34/h8-27,29,40,43,45-46H,5-7,28,30-32H2,1-4H3/t40-,43-/m0/s1. The van der Waals surface area contributed by atoms with E-state index in [9.17, 15) is 12.8 Å². The van der Waals surface area contributed by atoms with Gasteiger partial charge in [-0.1, -0.05) is 112 Å². The summed E-state index contributed by atoms with van der Waals surface area (Å²) >= 11 is 0. The van der Waals surface area contributed by atoms with Crippen LogP contribution in [0.25, 0.3) is 0 Å². The second-order valence-corrected chi connectivity index (χ2v) is 19.9. The van der Waals surface area contributed by atoms with E-state index < -0.39 is 18.3 Å². The van der Waals surface area contributed by atoms with E-state index in [0.717, 1.165) is 58.0 Å². The van der Waals surface area contributed by atoms with E-state index in [2.05, 4.69) is 42.9 Å². The molecule has 0 unspecified atom stereocenters. The number of rotatable bonds is 20. The second-order valence-electron chi connectivity index (χ2n) is 13.4. The Morgan fingerprint density at radius 2 is 1.25 bits per heavy atom. The van der Waals surface area contributed by atoms with Crippen LogP contribution >= 0.6 is 0 Å². The summed E-state index contributed by atoms with van der Waals surface area (Å²) in [6.45, 7) is 7.80. The molecule has 0 radical (unpaired) electrons. The predicted molar refractivity (Wildman–Crippen MR) is 215 cm³/mol. The summed E-state index contributed by atoms with van der Waals surface area (Å²) in [6, 6.07) is 42.8. The van der Waals surface area contributed by atoms with E-state index in [4.69, 9.17) is 13.9 Å². The van der Waals surface area contributed by atoms with Crippen molar-refractivity contribution in [1.29, 1.82) is 0 Å². The van der Waals surface area contributed by atoms with Crippen LogP contribution in [0.3, 0.4) is 0 Å². The molecule has 0 spiro atoms. The van der Waals surface area contributed by atoms with E-state index in [1.807, 2.05) is 103 Å². The van der Waals surface area contributed by atoms with Crippen LogP contribution in [0.15, 0.2) is 127 Å². The van der Waals surface area contributed by atoms with Crippen LogP contribution in [0.5, 0.6) is 11.5 Å². The molecule has 0 heterocycles. The Bertz CT molecular complexity index is 1950. The lowest BCUT2D eigenvalue weighted by Crippen LogP contribution is -2.40. The van der Waals surface area contributed by atoms with Crippen LogP contribution in [0.2, 0.25) is 18.1 Å². The van der Waals surface area contributed by atoms with Gasteiger partial charge in [0, 0.05) is 12.6 Å². The molecule has 0 bridgehead atoms. The summed E-state index contributed by atoms with van der Waals surface area (Å²) in [5.74, 6) is 0.925. The zero-order chi connectivity index (χ0) is 37.7. The van der Waals surface area contributed by atoms with Gasteiger partial charge >= 0.3 is 0 Å². The highest BCUT2D eigenvalue weighted by Gasteiger charge is 2.33. The van der Waals surface area contributed by atoms with E-state index in [1.165, 1.54) is 12.1 Å². The molecule has 0 amide bonds. The molecule has 5 aromatic rings. The molecule has 0 aliphatic carbocycles. The van der Waals surface area contributed by atoms with Crippen LogP contribution in [-0.4, -0.2) is 29.5 Å². The number of ether oxygens (including phenoxy) is 2. The molecular weight excluding hydrogens is 704 g/mol. The molecular formula is C43H51FN2O5SSi. The molecule has 10 heteroatoms. The zero-order valence-corrected chi connectivity index (χ0v) is 32.9. The number of anilines is 1. The summed E-state index contributed by atoms with van der Waals surface area (Å²) in [4.78, 5) is 0. The number of hydrogen-bond acceptors (Lipinski definition) is 6. The first-order valence-corrected chi connectivity index (χ1v) is 22.7.